The molecule has 3 atom stereocenters. The first kappa shape index (κ1) is 12.4. The topological polar surface area (TPSA) is 41.6 Å². The summed E-state index contributed by atoms with van der Waals surface area (Å²) in [7, 11) is 0. The van der Waals surface area contributed by atoms with Gasteiger partial charge in [-0.2, -0.15) is 0 Å². The van der Waals surface area contributed by atoms with Crippen LogP contribution in [0.1, 0.15) is 52.4 Å². The van der Waals surface area contributed by atoms with Crippen molar-refractivity contribution in [2.45, 2.75) is 76.2 Å². The second-order valence-electron chi connectivity index (χ2n) is 6.18. The molecule has 1 spiro atoms. The van der Waals surface area contributed by atoms with Crippen molar-refractivity contribution >= 4 is 5.91 Å². The molecule has 0 bridgehead atoms. The third-order valence-corrected chi connectivity index (χ3v) is 4.85. The van der Waals surface area contributed by atoms with Crippen LogP contribution in [0.3, 0.4) is 0 Å². The molecular formula is C14H24N2O2. The summed E-state index contributed by atoms with van der Waals surface area (Å²) in [4.78, 5) is 14.9. The Kier molecular flexibility index (Phi) is 3.10. The minimum absolute atomic E-state index is 0.186. The molecule has 2 aliphatic heterocycles. The van der Waals surface area contributed by atoms with Gasteiger partial charge in [0.25, 0.3) is 0 Å². The third-order valence-electron chi connectivity index (χ3n) is 4.85. The molecule has 4 nitrogen and oxygen atoms in total. The molecule has 3 aliphatic rings. The van der Waals surface area contributed by atoms with Crippen molar-refractivity contribution in [2.24, 2.45) is 0 Å². The maximum atomic E-state index is 12.8. The molecule has 0 aromatic rings. The number of amides is 1. The van der Waals surface area contributed by atoms with Crippen molar-refractivity contribution in [3.63, 3.8) is 0 Å². The maximum absolute atomic E-state index is 12.8. The molecule has 18 heavy (non-hydrogen) atoms. The lowest BCUT2D eigenvalue weighted by atomic mass is 9.96. The molecule has 3 unspecified atom stereocenters. The minimum atomic E-state index is -0.221. The SMILES string of the molecule is CC1CC(N2C(=O)C3(CCCC3)NC2C)CCO1. The van der Waals surface area contributed by atoms with E-state index in [1.807, 2.05) is 0 Å². The van der Waals surface area contributed by atoms with Crippen LogP contribution in [-0.4, -0.2) is 41.3 Å². The smallest absolute Gasteiger partial charge is 0.244 e. The Morgan fingerprint density at radius 1 is 1.33 bits per heavy atom. The molecule has 4 heteroatoms. The quantitative estimate of drug-likeness (QED) is 0.771. The first-order valence-electron chi connectivity index (χ1n) is 7.34. The van der Waals surface area contributed by atoms with Crippen molar-refractivity contribution in [2.75, 3.05) is 6.61 Å². The van der Waals surface area contributed by atoms with Crippen molar-refractivity contribution in [1.29, 1.82) is 0 Å². The fourth-order valence-corrected chi connectivity index (χ4v) is 4.00. The highest BCUT2D eigenvalue weighted by molar-refractivity contribution is 5.89. The zero-order valence-corrected chi connectivity index (χ0v) is 11.4. The average Bonchev–Trinajstić information content (AvgIpc) is 2.87. The van der Waals surface area contributed by atoms with Crippen molar-refractivity contribution in [1.82, 2.24) is 10.2 Å². The second-order valence-corrected chi connectivity index (χ2v) is 6.18. The van der Waals surface area contributed by atoms with Crippen LogP contribution in [0.2, 0.25) is 0 Å². The second kappa shape index (κ2) is 4.49. The van der Waals surface area contributed by atoms with Gasteiger partial charge in [0.1, 0.15) is 0 Å². The fraction of sp³-hybridized carbons (Fsp3) is 0.929. The molecule has 102 valence electrons. The summed E-state index contributed by atoms with van der Waals surface area (Å²) in [5.41, 5.74) is -0.221. The normalized spacial score (nSPS) is 39.8. The van der Waals surface area contributed by atoms with E-state index in [-0.39, 0.29) is 17.8 Å². The van der Waals surface area contributed by atoms with E-state index in [0.29, 0.717) is 11.9 Å². The van der Waals surface area contributed by atoms with E-state index in [1.165, 1.54) is 12.8 Å². The molecule has 2 heterocycles. The standard InChI is InChI=1S/C14H24N2O2/c1-10-9-12(5-8-18-10)16-11(2)15-14(13(16)17)6-3-4-7-14/h10-12,15H,3-9H2,1-2H3. The van der Waals surface area contributed by atoms with E-state index in [9.17, 15) is 4.79 Å². The van der Waals surface area contributed by atoms with Crippen LogP contribution in [0.15, 0.2) is 0 Å². The molecule has 0 radical (unpaired) electrons. The van der Waals surface area contributed by atoms with E-state index < -0.39 is 0 Å². The number of nitrogens with zero attached hydrogens (tertiary/aromatic N) is 1. The van der Waals surface area contributed by atoms with Gasteiger partial charge in [0.2, 0.25) is 5.91 Å². The number of carbonyl (C=O) groups excluding carboxylic acids is 1. The predicted octanol–water partition coefficient (Wildman–Crippen LogP) is 1.64. The molecule has 3 fully saturated rings. The monoisotopic (exact) mass is 252 g/mol. The number of carbonyl (C=O) groups is 1. The minimum Gasteiger partial charge on any atom is -0.378 e. The summed E-state index contributed by atoms with van der Waals surface area (Å²) in [5, 5.41) is 3.58. The highest BCUT2D eigenvalue weighted by atomic mass is 16.5. The van der Waals surface area contributed by atoms with Crippen molar-refractivity contribution in [3.05, 3.63) is 0 Å². The Labute approximate surface area is 109 Å². The van der Waals surface area contributed by atoms with E-state index in [4.69, 9.17) is 4.74 Å². The first-order chi connectivity index (χ1) is 8.62. The van der Waals surface area contributed by atoms with Crippen LogP contribution >= 0.6 is 0 Å². The van der Waals surface area contributed by atoms with Crippen LogP contribution in [0.25, 0.3) is 0 Å². The van der Waals surface area contributed by atoms with Gasteiger partial charge in [0.05, 0.1) is 17.8 Å². The van der Waals surface area contributed by atoms with Gasteiger partial charge in [0, 0.05) is 12.6 Å². The van der Waals surface area contributed by atoms with Gasteiger partial charge in [-0.3, -0.25) is 10.1 Å². The van der Waals surface area contributed by atoms with Crippen LogP contribution in [0.5, 0.6) is 0 Å². The molecule has 1 N–H and O–H groups in total. The number of hydrogen-bond acceptors (Lipinski definition) is 3. The third kappa shape index (κ3) is 1.86. The van der Waals surface area contributed by atoms with Crippen molar-refractivity contribution in [3.8, 4) is 0 Å². The van der Waals surface area contributed by atoms with Crippen LogP contribution in [0.4, 0.5) is 0 Å². The number of rotatable bonds is 1. The first-order valence-corrected chi connectivity index (χ1v) is 7.34. The molecule has 3 rings (SSSR count). The Morgan fingerprint density at radius 2 is 2.06 bits per heavy atom. The Balaban J connectivity index is 1.77. The summed E-state index contributed by atoms with van der Waals surface area (Å²) >= 11 is 0. The molecule has 1 aliphatic carbocycles. The van der Waals surface area contributed by atoms with Gasteiger partial charge in [-0.05, 0) is 39.5 Å². The molecule has 0 aromatic carbocycles. The predicted molar refractivity (Wildman–Crippen MR) is 69.1 cm³/mol. The lowest BCUT2D eigenvalue weighted by Gasteiger charge is -2.36. The Morgan fingerprint density at radius 3 is 2.72 bits per heavy atom. The van der Waals surface area contributed by atoms with Crippen molar-refractivity contribution < 1.29 is 9.53 Å². The van der Waals surface area contributed by atoms with Crippen LogP contribution in [-0.2, 0) is 9.53 Å². The highest BCUT2D eigenvalue weighted by Gasteiger charge is 2.52. The lowest BCUT2D eigenvalue weighted by molar-refractivity contribution is -0.137. The van der Waals surface area contributed by atoms with Gasteiger partial charge >= 0.3 is 0 Å². The summed E-state index contributed by atoms with van der Waals surface area (Å²) in [6.45, 7) is 5.02. The Bertz CT molecular complexity index is 339. The van der Waals surface area contributed by atoms with Gasteiger partial charge in [-0.1, -0.05) is 12.8 Å². The van der Waals surface area contributed by atoms with Crippen LogP contribution < -0.4 is 5.32 Å². The van der Waals surface area contributed by atoms with Gasteiger partial charge in [0.15, 0.2) is 0 Å². The fourth-order valence-electron chi connectivity index (χ4n) is 4.00. The largest absolute Gasteiger partial charge is 0.378 e. The zero-order valence-electron chi connectivity index (χ0n) is 11.4. The molecular weight excluding hydrogens is 228 g/mol. The van der Waals surface area contributed by atoms with E-state index >= 15 is 0 Å². The van der Waals surface area contributed by atoms with Crippen LogP contribution in [0, 0.1) is 0 Å². The average molecular weight is 252 g/mol. The summed E-state index contributed by atoms with van der Waals surface area (Å²) in [6.07, 6.45) is 6.84. The van der Waals surface area contributed by atoms with Gasteiger partial charge in [-0.25, -0.2) is 0 Å². The summed E-state index contributed by atoms with van der Waals surface area (Å²) < 4.78 is 5.60. The highest BCUT2D eigenvalue weighted by Crippen LogP contribution is 2.38. The summed E-state index contributed by atoms with van der Waals surface area (Å²) in [6, 6.07) is 0.365. The zero-order chi connectivity index (χ0) is 12.8. The van der Waals surface area contributed by atoms with E-state index in [2.05, 4.69) is 24.1 Å². The number of hydrogen-bond donors (Lipinski definition) is 1. The molecule has 2 saturated heterocycles. The molecule has 1 saturated carbocycles. The lowest BCUT2D eigenvalue weighted by Crippen LogP contribution is -2.48. The van der Waals surface area contributed by atoms with E-state index in [1.54, 1.807) is 0 Å². The number of ether oxygens (including phenoxy) is 1. The van der Waals surface area contributed by atoms with E-state index in [0.717, 1.165) is 32.3 Å². The molecule has 0 aromatic heterocycles. The Hall–Kier alpha value is -0.610. The van der Waals surface area contributed by atoms with Gasteiger partial charge < -0.3 is 9.64 Å². The maximum Gasteiger partial charge on any atom is 0.244 e. The number of nitrogens with one attached hydrogen (secondary N) is 1. The van der Waals surface area contributed by atoms with Gasteiger partial charge in [-0.15, -0.1) is 0 Å². The molecule has 1 amide bonds. The summed E-state index contributed by atoms with van der Waals surface area (Å²) in [5.74, 6) is 0.353.